The molecule has 1 saturated carbocycles. The number of piperidine rings is 1. The number of anilines is 1. The molecule has 0 unspecified atom stereocenters. The Bertz CT molecular complexity index is 693. The van der Waals surface area contributed by atoms with Crippen molar-refractivity contribution < 1.29 is 9.59 Å². The average Bonchev–Trinajstić information content (AvgIpc) is 2.68. The number of nitrogens with zero attached hydrogens (tertiary/aromatic N) is 2. The van der Waals surface area contributed by atoms with Gasteiger partial charge < -0.3 is 10.2 Å². The summed E-state index contributed by atoms with van der Waals surface area (Å²) in [5.41, 5.74) is 1.20. The second kappa shape index (κ2) is 8.35. The Morgan fingerprint density at radius 1 is 1.08 bits per heavy atom. The van der Waals surface area contributed by atoms with Gasteiger partial charge >= 0.3 is 0 Å². The van der Waals surface area contributed by atoms with E-state index >= 15 is 0 Å². The molecule has 1 saturated heterocycles. The van der Waals surface area contributed by atoms with Gasteiger partial charge in [-0.3, -0.25) is 9.59 Å². The second-order valence-electron chi connectivity index (χ2n) is 7.74. The van der Waals surface area contributed by atoms with E-state index in [0.29, 0.717) is 11.3 Å². The Morgan fingerprint density at radius 3 is 2.38 bits per heavy atom. The molecule has 138 valence electrons. The fourth-order valence-electron chi connectivity index (χ4n) is 4.00. The van der Waals surface area contributed by atoms with Gasteiger partial charge in [0.1, 0.15) is 0 Å². The topological polar surface area (TPSA) is 73.2 Å². The van der Waals surface area contributed by atoms with Gasteiger partial charge in [0, 0.05) is 30.6 Å². The zero-order chi connectivity index (χ0) is 18.5. The summed E-state index contributed by atoms with van der Waals surface area (Å²) >= 11 is 0. The molecule has 1 aromatic rings. The van der Waals surface area contributed by atoms with Crippen molar-refractivity contribution in [2.75, 3.05) is 18.4 Å². The molecule has 0 spiro atoms. The van der Waals surface area contributed by atoms with Crippen LogP contribution in [0.4, 0.5) is 5.69 Å². The van der Waals surface area contributed by atoms with Gasteiger partial charge in [-0.05, 0) is 62.6 Å². The minimum atomic E-state index is -0.0498. The molecule has 0 atom stereocenters. The van der Waals surface area contributed by atoms with Crippen LogP contribution in [0, 0.1) is 29.1 Å². The third-order valence-corrected chi connectivity index (χ3v) is 5.80. The third kappa shape index (κ3) is 4.43. The Morgan fingerprint density at radius 2 is 1.73 bits per heavy atom. The van der Waals surface area contributed by atoms with Crippen LogP contribution in [0.1, 0.15) is 51.0 Å². The van der Waals surface area contributed by atoms with Crippen molar-refractivity contribution in [2.45, 2.75) is 45.4 Å². The molecule has 2 aliphatic rings. The van der Waals surface area contributed by atoms with E-state index in [9.17, 15) is 9.59 Å². The SMILES string of the molecule is CC1CCN(C(=O)C2CCC(C(=O)Nc3cccc(C#N)c3)CC2)CC1. The van der Waals surface area contributed by atoms with Crippen LogP contribution in [0.15, 0.2) is 24.3 Å². The van der Waals surface area contributed by atoms with Crippen molar-refractivity contribution in [1.29, 1.82) is 5.26 Å². The number of nitriles is 1. The monoisotopic (exact) mass is 353 g/mol. The van der Waals surface area contributed by atoms with E-state index in [2.05, 4.69) is 18.3 Å². The molecule has 3 rings (SSSR count). The third-order valence-electron chi connectivity index (χ3n) is 5.80. The maximum absolute atomic E-state index is 12.7. The highest BCUT2D eigenvalue weighted by Crippen LogP contribution is 2.32. The minimum Gasteiger partial charge on any atom is -0.342 e. The lowest BCUT2D eigenvalue weighted by molar-refractivity contribution is -0.139. The van der Waals surface area contributed by atoms with E-state index in [1.165, 1.54) is 0 Å². The molecule has 1 heterocycles. The first kappa shape index (κ1) is 18.4. The van der Waals surface area contributed by atoms with Crippen molar-refractivity contribution in [3.63, 3.8) is 0 Å². The molecule has 26 heavy (non-hydrogen) atoms. The zero-order valence-electron chi connectivity index (χ0n) is 15.4. The van der Waals surface area contributed by atoms with E-state index in [4.69, 9.17) is 5.26 Å². The van der Waals surface area contributed by atoms with Crippen LogP contribution >= 0.6 is 0 Å². The smallest absolute Gasteiger partial charge is 0.227 e. The molecular weight excluding hydrogens is 326 g/mol. The predicted octanol–water partition coefficient (Wildman–Crippen LogP) is 3.56. The molecule has 1 aromatic carbocycles. The largest absolute Gasteiger partial charge is 0.342 e. The van der Waals surface area contributed by atoms with Crippen molar-refractivity contribution >= 4 is 17.5 Å². The van der Waals surface area contributed by atoms with Gasteiger partial charge in [-0.25, -0.2) is 0 Å². The van der Waals surface area contributed by atoms with Gasteiger partial charge in [0.25, 0.3) is 0 Å². The Balaban J connectivity index is 1.49. The van der Waals surface area contributed by atoms with E-state index < -0.39 is 0 Å². The first-order valence-electron chi connectivity index (χ1n) is 9.66. The molecule has 2 amide bonds. The summed E-state index contributed by atoms with van der Waals surface area (Å²) in [7, 11) is 0. The standard InChI is InChI=1S/C21H27N3O2/c1-15-9-11-24(12-10-15)21(26)18-7-5-17(6-8-18)20(25)23-19-4-2-3-16(13-19)14-22/h2-4,13,15,17-18H,5-12H2,1H3,(H,23,25). The summed E-state index contributed by atoms with van der Waals surface area (Å²) in [6, 6.07) is 9.04. The number of rotatable bonds is 3. The molecule has 1 aliphatic carbocycles. The van der Waals surface area contributed by atoms with Gasteiger partial charge in [0.2, 0.25) is 11.8 Å². The van der Waals surface area contributed by atoms with Crippen LogP contribution in [0.2, 0.25) is 0 Å². The fourth-order valence-corrected chi connectivity index (χ4v) is 4.00. The highest BCUT2D eigenvalue weighted by atomic mass is 16.2. The predicted molar refractivity (Wildman–Crippen MR) is 100 cm³/mol. The van der Waals surface area contributed by atoms with Gasteiger partial charge in [-0.15, -0.1) is 0 Å². The summed E-state index contributed by atoms with van der Waals surface area (Å²) in [5, 5.41) is 11.9. The minimum absolute atomic E-state index is 0.00205. The first-order chi connectivity index (χ1) is 12.6. The number of nitrogens with one attached hydrogen (secondary N) is 1. The van der Waals surface area contributed by atoms with E-state index in [-0.39, 0.29) is 23.7 Å². The van der Waals surface area contributed by atoms with E-state index in [0.717, 1.165) is 57.5 Å². The number of hydrogen-bond donors (Lipinski definition) is 1. The lowest BCUT2D eigenvalue weighted by Crippen LogP contribution is -2.42. The fraction of sp³-hybridized carbons (Fsp3) is 0.571. The number of benzene rings is 1. The molecule has 0 aromatic heterocycles. The first-order valence-corrected chi connectivity index (χ1v) is 9.66. The molecule has 5 nitrogen and oxygen atoms in total. The summed E-state index contributed by atoms with van der Waals surface area (Å²) < 4.78 is 0. The number of amides is 2. The van der Waals surface area contributed by atoms with Crippen molar-refractivity contribution in [3.05, 3.63) is 29.8 Å². The lowest BCUT2D eigenvalue weighted by atomic mass is 9.80. The van der Waals surface area contributed by atoms with Crippen LogP contribution in [-0.2, 0) is 9.59 Å². The van der Waals surface area contributed by atoms with Crippen LogP contribution in [-0.4, -0.2) is 29.8 Å². The maximum Gasteiger partial charge on any atom is 0.227 e. The highest BCUT2D eigenvalue weighted by Gasteiger charge is 2.33. The molecule has 5 heteroatoms. The second-order valence-corrected chi connectivity index (χ2v) is 7.74. The van der Waals surface area contributed by atoms with Gasteiger partial charge in [-0.2, -0.15) is 5.26 Å². The summed E-state index contributed by atoms with van der Waals surface area (Å²) in [5.74, 6) is 1.04. The van der Waals surface area contributed by atoms with Crippen molar-refractivity contribution in [3.8, 4) is 6.07 Å². The Labute approximate surface area is 155 Å². The average molecular weight is 353 g/mol. The van der Waals surface area contributed by atoms with Crippen LogP contribution in [0.3, 0.4) is 0 Å². The Hall–Kier alpha value is -2.35. The summed E-state index contributed by atoms with van der Waals surface area (Å²) in [6.07, 6.45) is 5.30. The van der Waals surface area contributed by atoms with Crippen LogP contribution < -0.4 is 5.32 Å². The zero-order valence-corrected chi connectivity index (χ0v) is 15.4. The normalized spacial score (nSPS) is 23.9. The van der Waals surface area contributed by atoms with Gasteiger partial charge in [0.15, 0.2) is 0 Å². The van der Waals surface area contributed by atoms with E-state index in [1.807, 2.05) is 4.90 Å². The molecule has 0 radical (unpaired) electrons. The number of carbonyl (C=O) groups is 2. The summed E-state index contributed by atoms with van der Waals surface area (Å²) in [4.78, 5) is 27.2. The van der Waals surface area contributed by atoms with E-state index in [1.54, 1.807) is 24.3 Å². The quantitative estimate of drug-likeness (QED) is 0.903. The maximum atomic E-state index is 12.7. The van der Waals surface area contributed by atoms with Gasteiger partial charge in [0.05, 0.1) is 11.6 Å². The number of likely N-dealkylation sites (tertiary alicyclic amines) is 1. The molecular formula is C21H27N3O2. The molecule has 1 aliphatic heterocycles. The van der Waals surface area contributed by atoms with Crippen LogP contribution in [0.5, 0.6) is 0 Å². The van der Waals surface area contributed by atoms with Gasteiger partial charge in [-0.1, -0.05) is 13.0 Å². The lowest BCUT2D eigenvalue weighted by Gasteiger charge is -2.35. The van der Waals surface area contributed by atoms with Crippen LogP contribution in [0.25, 0.3) is 0 Å². The highest BCUT2D eigenvalue weighted by molar-refractivity contribution is 5.93. The van der Waals surface area contributed by atoms with Crippen molar-refractivity contribution in [2.24, 2.45) is 17.8 Å². The Kier molecular flexibility index (Phi) is 5.92. The van der Waals surface area contributed by atoms with Crippen molar-refractivity contribution in [1.82, 2.24) is 4.90 Å². The number of hydrogen-bond acceptors (Lipinski definition) is 3. The molecule has 2 fully saturated rings. The molecule has 0 bridgehead atoms. The molecule has 1 N–H and O–H groups in total. The summed E-state index contributed by atoms with van der Waals surface area (Å²) in [6.45, 7) is 4.02. The number of carbonyl (C=O) groups excluding carboxylic acids is 2.